The molecular formula is C32H32N2O2. The monoisotopic (exact) mass is 476 g/mol. The van der Waals surface area contributed by atoms with Gasteiger partial charge in [-0.15, -0.1) is 0 Å². The normalized spacial score (nSPS) is 10.6. The lowest BCUT2D eigenvalue weighted by molar-refractivity contribution is -0.138. The van der Waals surface area contributed by atoms with Gasteiger partial charge in [-0.3, -0.25) is 9.59 Å². The molecule has 0 aliphatic heterocycles. The second kappa shape index (κ2) is 13.1. The van der Waals surface area contributed by atoms with Gasteiger partial charge < -0.3 is 9.80 Å². The van der Waals surface area contributed by atoms with Gasteiger partial charge in [-0.2, -0.15) is 0 Å². The average molecular weight is 477 g/mol. The van der Waals surface area contributed by atoms with Gasteiger partial charge in [0.1, 0.15) is 0 Å². The Morgan fingerprint density at radius 2 is 0.611 bits per heavy atom. The molecular weight excluding hydrogens is 444 g/mol. The first kappa shape index (κ1) is 24.9. The summed E-state index contributed by atoms with van der Waals surface area (Å²) in [6.07, 6.45) is 0.358. The van der Waals surface area contributed by atoms with Crippen LogP contribution < -0.4 is 0 Å². The molecule has 4 aromatic carbocycles. The molecule has 182 valence electrons. The maximum absolute atomic E-state index is 13.4. The Balaban J connectivity index is 1.44. The second-order valence-corrected chi connectivity index (χ2v) is 8.94. The molecule has 36 heavy (non-hydrogen) atoms. The van der Waals surface area contributed by atoms with E-state index >= 15 is 0 Å². The van der Waals surface area contributed by atoms with Gasteiger partial charge in [0.05, 0.1) is 0 Å². The van der Waals surface area contributed by atoms with E-state index in [2.05, 4.69) is 0 Å². The van der Waals surface area contributed by atoms with Crippen molar-refractivity contribution in [3.05, 3.63) is 144 Å². The zero-order chi connectivity index (χ0) is 25.0. The van der Waals surface area contributed by atoms with Crippen molar-refractivity contribution in [2.45, 2.75) is 39.0 Å². The van der Waals surface area contributed by atoms with E-state index in [9.17, 15) is 9.59 Å². The van der Waals surface area contributed by atoms with Crippen molar-refractivity contribution < 1.29 is 9.59 Å². The third kappa shape index (κ3) is 7.67. The van der Waals surface area contributed by atoms with Gasteiger partial charge in [-0.25, -0.2) is 0 Å². The number of amides is 2. The van der Waals surface area contributed by atoms with Crippen LogP contribution in [0.25, 0.3) is 0 Å². The highest BCUT2D eigenvalue weighted by Crippen LogP contribution is 2.15. The fourth-order valence-electron chi connectivity index (χ4n) is 4.21. The van der Waals surface area contributed by atoms with Crippen molar-refractivity contribution in [2.24, 2.45) is 0 Å². The highest BCUT2D eigenvalue weighted by Gasteiger charge is 2.20. The quantitative estimate of drug-likeness (QED) is 0.258. The first-order valence-corrected chi connectivity index (χ1v) is 12.4. The molecule has 0 fully saturated rings. The largest absolute Gasteiger partial charge is 0.334 e. The molecule has 2 amide bonds. The fraction of sp³-hybridized carbons (Fsp3) is 0.188. The Bertz CT molecular complexity index is 1030. The van der Waals surface area contributed by atoms with E-state index in [1.165, 1.54) is 0 Å². The Labute approximate surface area is 213 Å². The zero-order valence-electron chi connectivity index (χ0n) is 20.5. The van der Waals surface area contributed by atoms with Gasteiger partial charge in [0.15, 0.2) is 0 Å². The third-order valence-corrected chi connectivity index (χ3v) is 6.12. The lowest BCUT2D eigenvalue weighted by Crippen LogP contribution is -2.33. The van der Waals surface area contributed by atoms with Crippen molar-refractivity contribution in [1.29, 1.82) is 0 Å². The highest BCUT2D eigenvalue weighted by atomic mass is 16.2. The number of benzene rings is 4. The van der Waals surface area contributed by atoms with Crippen LogP contribution >= 0.6 is 0 Å². The van der Waals surface area contributed by atoms with Gasteiger partial charge >= 0.3 is 0 Å². The number of hydrogen-bond acceptors (Lipinski definition) is 2. The Morgan fingerprint density at radius 3 is 0.833 bits per heavy atom. The predicted molar refractivity (Wildman–Crippen MR) is 144 cm³/mol. The molecule has 0 saturated heterocycles. The molecule has 4 heteroatoms. The summed E-state index contributed by atoms with van der Waals surface area (Å²) in [5, 5.41) is 0. The van der Waals surface area contributed by atoms with Gasteiger partial charge in [0.2, 0.25) is 11.8 Å². The van der Waals surface area contributed by atoms with Crippen LogP contribution in [0, 0.1) is 0 Å². The Morgan fingerprint density at radius 1 is 0.389 bits per heavy atom. The minimum atomic E-state index is -0.0181. The molecule has 0 spiro atoms. The third-order valence-electron chi connectivity index (χ3n) is 6.12. The summed E-state index contributed by atoms with van der Waals surface area (Å²) in [5.74, 6) is -0.0362. The molecule has 0 radical (unpaired) electrons. The second-order valence-electron chi connectivity index (χ2n) is 8.94. The molecule has 0 bridgehead atoms. The van der Waals surface area contributed by atoms with E-state index in [1.54, 1.807) is 0 Å². The van der Waals surface area contributed by atoms with Gasteiger partial charge in [-0.05, 0) is 22.3 Å². The number of carbonyl (C=O) groups excluding carboxylic acids is 2. The number of hydrogen-bond donors (Lipinski definition) is 0. The molecule has 4 nitrogen and oxygen atoms in total. The maximum Gasteiger partial charge on any atom is 0.223 e. The summed E-state index contributed by atoms with van der Waals surface area (Å²) < 4.78 is 0. The fourth-order valence-corrected chi connectivity index (χ4v) is 4.21. The minimum absolute atomic E-state index is 0.0181. The maximum atomic E-state index is 13.4. The summed E-state index contributed by atoms with van der Waals surface area (Å²) in [5.41, 5.74) is 4.29. The zero-order valence-corrected chi connectivity index (χ0v) is 20.5. The van der Waals surface area contributed by atoms with Crippen LogP contribution in [0.2, 0.25) is 0 Å². The predicted octanol–water partition coefficient (Wildman–Crippen LogP) is 6.22. The van der Waals surface area contributed by atoms with Gasteiger partial charge in [-0.1, -0.05) is 121 Å². The first-order valence-electron chi connectivity index (χ1n) is 12.4. The van der Waals surface area contributed by atoms with Crippen LogP contribution in [0.15, 0.2) is 121 Å². The van der Waals surface area contributed by atoms with Crippen LogP contribution in [0.3, 0.4) is 0 Å². The first-order chi connectivity index (χ1) is 17.7. The average Bonchev–Trinajstić information content (AvgIpc) is 2.93. The van der Waals surface area contributed by atoms with E-state index in [0.717, 1.165) is 22.3 Å². The Hall–Kier alpha value is -4.18. The van der Waals surface area contributed by atoms with Crippen LogP contribution in [0.1, 0.15) is 35.1 Å². The summed E-state index contributed by atoms with van der Waals surface area (Å²) in [6.45, 7) is 2.06. The molecule has 0 N–H and O–H groups in total. The molecule has 0 heterocycles. The number of carbonyl (C=O) groups is 2. The van der Waals surface area contributed by atoms with Crippen molar-refractivity contribution in [2.75, 3.05) is 0 Å². The summed E-state index contributed by atoms with van der Waals surface area (Å²) in [6, 6.07) is 39.9. The summed E-state index contributed by atoms with van der Waals surface area (Å²) in [7, 11) is 0. The van der Waals surface area contributed by atoms with Gasteiger partial charge in [0.25, 0.3) is 0 Å². The SMILES string of the molecule is O=C(CCC(=O)N(Cc1ccccc1)Cc1ccccc1)N(Cc1ccccc1)Cc1ccccc1. The molecule has 0 unspecified atom stereocenters. The molecule has 0 saturated carbocycles. The van der Waals surface area contributed by atoms with Crippen molar-refractivity contribution in [3.63, 3.8) is 0 Å². The molecule has 0 aliphatic rings. The van der Waals surface area contributed by atoms with E-state index in [-0.39, 0.29) is 24.7 Å². The van der Waals surface area contributed by atoms with Crippen molar-refractivity contribution >= 4 is 11.8 Å². The van der Waals surface area contributed by atoms with Crippen molar-refractivity contribution in [3.8, 4) is 0 Å². The lowest BCUT2D eigenvalue weighted by Gasteiger charge is -2.25. The van der Waals surface area contributed by atoms with E-state index in [0.29, 0.717) is 26.2 Å². The van der Waals surface area contributed by atoms with E-state index in [1.807, 2.05) is 131 Å². The molecule has 4 rings (SSSR count). The molecule has 4 aromatic rings. The van der Waals surface area contributed by atoms with Crippen LogP contribution in [0.4, 0.5) is 0 Å². The molecule has 0 aliphatic carbocycles. The van der Waals surface area contributed by atoms with Gasteiger partial charge in [0, 0.05) is 39.0 Å². The number of nitrogens with zero attached hydrogens (tertiary/aromatic N) is 2. The minimum Gasteiger partial charge on any atom is -0.334 e. The lowest BCUT2D eigenvalue weighted by atomic mass is 10.1. The van der Waals surface area contributed by atoms with E-state index in [4.69, 9.17) is 0 Å². The Kier molecular flexibility index (Phi) is 9.04. The summed E-state index contributed by atoms with van der Waals surface area (Å²) >= 11 is 0. The molecule has 0 atom stereocenters. The van der Waals surface area contributed by atoms with Crippen LogP contribution in [-0.2, 0) is 35.8 Å². The molecule has 0 aromatic heterocycles. The standard InChI is InChI=1S/C32H32N2O2/c35-31(33(23-27-13-5-1-6-14-27)24-28-15-7-2-8-16-28)21-22-32(36)34(25-29-17-9-3-10-18-29)26-30-19-11-4-12-20-30/h1-20H,21-26H2. The number of rotatable bonds is 11. The smallest absolute Gasteiger partial charge is 0.223 e. The van der Waals surface area contributed by atoms with Crippen LogP contribution in [-0.4, -0.2) is 21.6 Å². The highest BCUT2D eigenvalue weighted by molar-refractivity contribution is 5.84. The summed E-state index contributed by atoms with van der Waals surface area (Å²) in [4.78, 5) is 30.4. The van der Waals surface area contributed by atoms with Crippen molar-refractivity contribution in [1.82, 2.24) is 9.80 Å². The van der Waals surface area contributed by atoms with E-state index < -0.39 is 0 Å². The topological polar surface area (TPSA) is 40.6 Å². The van der Waals surface area contributed by atoms with Crippen LogP contribution in [0.5, 0.6) is 0 Å².